The summed E-state index contributed by atoms with van der Waals surface area (Å²) < 4.78 is 13.3. The fourth-order valence-electron chi connectivity index (χ4n) is 5.33. The van der Waals surface area contributed by atoms with E-state index >= 15 is 0 Å². The maximum Gasteiger partial charge on any atom is 0.337 e. The van der Waals surface area contributed by atoms with Gasteiger partial charge in [0.1, 0.15) is 0 Å². The van der Waals surface area contributed by atoms with E-state index in [4.69, 9.17) is 8.85 Å². The Labute approximate surface area is 224 Å². The zero-order chi connectivity index (χ0) is 26.0. The minimum atomic E-state index is -2.03. The largest absolute Gasteiger partial charge is 0.394 e. The summed E-state index contributed by atoms with van der Waals surface area (Å²) in [5.41, 5.74) is 0. The minimum Gasteiger partial charge on any atom is -0.394 e. The Bertz CT molecular complexity index is 406. The maximum absolute atomic E-state index is 6.77. The Kier molecular flexibility index (Phi) is 25.9. The van der Waals surface area contributed by atoms with Crippen molar-refractivity contribution in [1.82, 2.24) is 0 Å². The molecule has 0 N–H and O–H groups in total. The Morgan fingerprint density at radius 1 is 0.486 bits per heavy atom. The normalized spacial score (nSPS) is 13.1. The number of unbranched alkanes of at least 4 members (excludes halogenated alkanes) is 15. The lowest BCUT2D eigenvalue weighted by Gasteiger charge is -2.33. The Hall–Kier alpha value is 0.137. The molecule has 0 aliphatic rings. The van der Waals surface area contributed by atoms with Crippen molar-refractivity contribution in [3.63, 3.8) is 0 Å². The highest BCUT2D eigenvalue weighted by molar-refractivity contribution is 6.67. The van der Waals surface area contributed by atoms with Gasteiger partial charge >= 0.3 is 8.56 Å². The Morgan fingerprint density at radius 3 is 1.29 bits per heavy atom. The molecule has 2 nitrogen and oxygen atoms in total. The zero-order valence-electron chi connectivity index (χ0n) is 25.4. The Morgan fingerprint density at radius 2 is 0.914 bits per heavy atom. The van der Waals surface area contributed by atoms with E-state index in [0.717, 1.165) is 31.0 Å². The second kappa shape index (κ2) is 25.8. The van der Waals surface area contributed by atoms with E-state index in [1.807, 2.05) is 0 Å². The summed E-state index contributed by atoms with van der Waals surface area (Å²) in [5.74, 6) is 0.859. The first-order chi connectivity index (χ1) is 17.1. The van der Waals surface area contributed by atoms with Gasteiger partial charge in [-0.3, -0.25) is 0 Å². The molecule has 0 fully saturated rings. The molecule has 0 rings (SSSR count). The molecule has 3 heteroatoms. The molecule has 1 atom stereocenters. The van der Waals surface area contributed by atoms with Crippen LogP contribution in [0, 0.1) is 5.92 Å². The van der Waals surface area contributed by atoms with E-state index in [-0.39, 0.29) is 0 Å². The van der Waals surface area contributed by atoms with Crippen molar-refractivity contribution < 1.29 is 8.85 Å². The third-order valence-corrected chi connectivity index (χ3v) is 12.0. The van der Waals surface area contributed by atoms with Gasteiger partial charge in [0.15, 0.2) is 0 Å². The van der Waals surface area contributed by atoms with Crippen molar-refractivity contribution in [3.05, 3.63) is 0 Å². The predicted octanol–water partition coefficient (Wildman–Crippen LogP) is 11.8. The molecule has 0 amide bonds. The van der Waals surface area contributed by atoms with Crippen LogP contribution < -0.4 is 0 Å². The van der Waals surface area contributed by atoms with Crippen LogP contribution in [0.15, 0.2) is 0 Å². The SMILES string of the molecule is CCCCCCCCCCCCCCCCCCO[Si](CC)(CC)OC(CC)CCC(CC)CC. The van der Waals surface area contributed by atoms with Crippen LogP contribution in [-0.4, -0.2) is 21.3 Å². The van der Waals surface area contributed by atoms with Crippen molar-refractivity contribution in [1.29, 1.82) is 0 Å². The van der Waals surface area contributed by atoms with Gasteiger partial charge in [0, 0.05) is 12.7 Å². The molecule has 0 aliphatic carbocycles. The molecule has 0 aliphatic heterocycles. The number of hydrogen-bond donors (Lipinski definition) is 0. The third kappa shape index (κ3) is 19.9. The fraction of sp³-hybridized carbons (Fsp3) is 1.00. The molecule has 35 heavy (non-hydrogen) atoms. The van der Waals surface area contributed by atoms with Crippen molar-refractivity contribution >= 4 is 8.56 Å². The molecule has 1 unspecified atom stereocenters. The molecular weight excluding hydrogens is 444 g/mol. The second-order valence-corrected chi connectivity index (χ2v) is 14.9. The molecule has 0 aromatic rings. The van der Waals surface area contributed by atoms with Gasteiger partial charge in [0.05, 0.1) is 0 Å². The quantitative estimate of drug-likeness (QED) is 0.0766. The van der Waals surface area contributed by atoms with Crippen LogP contribution in [-0.2, 0) is 8.85 Å². The molecule has 0 spiro atoms. The van der Waals surface area contributed by atoms with E-state index in [2.05, 4.69) is 41.5 Å². The topological polar surface area (TPSA) is 18.5 Å². The van der Waals surface area contributed by atoms with E-state index < -0.39 is 8.56 Å². The van der Waals surface area contributed by atoms with Gasteiger partial charge in [0.2, 0.25) is 0 Å². The maximum atomic E-state index is 6.77. The van der Waals surface area contributed by atoms with Gasteiger partial charge in [-0.15, -0.1) is 0 Å². The second-order valence-electron chi connectivity index (χ2n) is 11.2. The third-order valence-electron chi connectivity index (χ3n) is 8.33. The van der Waals surface area contributed by atoms with Gasteiger partial charge in [-0.1, -0.05) is 151 Å². The van der Waals surface area contributed by atoms with Gasteiger partial charge in [-0.25, -0.2) is 0 Å². The van der Waals surface area contributed by atoms with Crippen LogP contribution in [0.1, 0.15) is 176 Å². The summed E-state index contributed by atoms with van der Waals surface area (Å²) >= 11 is 0. The fourth-order valence-corrected chi connectivity index (χ4v) is 8.05. The predicted molar refractivity (Wildman–Crippen MR) is 161 cm³/mol. The van der Waals surface area contributed by atoms with Crippen LogP contribution in [0.4, 0.5) is 0 Å². The Balaban J connectivity index is 3.79. The molecule has 212 valence electrons. The summed E-state index contributed by atoms with van der Waals surface area (Å²) in [4.78, 5) is 0. The molecule has 0 aromatic carbocycles. The lowest BCUT2D eigenvalue weighted by molar-refractivity contribution is 0.0971. The van der Waals surface area contributed by atoms with Crippen molar-refractivity contribution in [2.75, 3.05) is 6.61 Å². The zero-order valence-corrected chi connectivity index (χ0v) is 26.4. The van der Waals surface area contributed by atoms with Crippen LogP contribution in [0.5, 0.6) is 0 Å². The highest BCUT2D eigenvalue weighted by Gasteiger charge is 2.36. The van der Waals surface area contributed by atoms with Crippen molar-refractivity contribution in [2.45, 2.75) is 195 Å². The monoisotopic (exact) mass is 512 g/mol. The number of rotatable bonds is 28. The molecular formula is C32H68O2Si. The molecule has 0 radical (unpaired) electrons. The van der Waals surface area contributed by atoms with E-state index in [9.17, 15) is 0 Å². The van der Waals surface area contributed by atoms with Gasteiger partial charge < -0.3 is 8.85 Å². The lowest BCUT2D eigenvalue weighted by atomic mass is 9.95. The summed E-state index contributed by atoms with van der Waals surface area (Å²) in [6, 6.07) is 2.17. The highest BCUT2D eigenvalue weighted by atomic mass is 28.4. The van der Waals surface area contributed by atoms with Gasteiger partial charge in [0.25, 0.3) is 0 Å². The average molecular weight is 513 g/mol. The lowest BCUT2D eigenvalue weighted by Crippen LogP contribution is -2.44. The molecule has 0 bridgehead atoms. The van der Waals surface area contributed by atoms with E-state index in [1.54, 1.807) is 0 Å². The number of hydrogen-bond acceptors (Lipinski definition) is 2. The summed E-state index contributed by atoms with van der Waals surface area (Å²) in [7, 11) is -2.03. The minimum absolute atomic E-state index is 0.396. The first-order valence-electron chi connectivity index (χ1n) is 16.4. The first kappa shape index (κ1) is 35.1. The standard InChI is InChI=1S/C32H68O2Si/c1-7-13-14-15-16-17-18-19-20-21-22-23-24-25-26-27-30-33-35(11-5,12-6)34-32(10-4)29-28-31(8-2)9-3/h31-32H,7-30H2,1-6H3. The van der Waals surface area contributed by atoms with Gasteiger partial charge in [-0.2, -0.15) is 0 Å². The van der Waals surface area contributed by atoms with Crippen LogP contribution in [0.25, 0.3) is 0 Å². The van der Waals surface area contributed by atoms with Crippen molar-refractivity contribution in [2.24, 2.45) is 5.92 Å². The smallest absolute Gasteiger partial charge is 0.337 e. The van der Waals surface area contributed by atoms with Gasteiger partial charge in [-0.05, 0) is 43.7 Å². The van der Waals surface area contributed by atoms with Crippen LogP contribution in [0.3, 0.4) is 0 Å². The van der Waals surface area contributed by atoms with Crippen LogP contribution in [0.2, 0.25) is 12.1 Å². The summed E-state index contributed by atoms with van der Waals surface area (Å²) in [6.45, 7) is 14.7. The van der Waals surface area contributed by atoms with Crippen molar-refractivity contribution in [3.8, 4) is 0 Å². The van der Waals surface area contributed by atoms with E-state index in [0.29, 0.717) is 6.10 Å². The highest BCUT2D eigenvalue weighted by Crippen LogP contribution is 2.26. The summed E-state index contributed by atoms with van der Waals surface area (Å²) in [6.07, 6.45) is 29.3. The van der Waals surface area contributed by atoms with Crippen LogP contribution >= 0.6 is 0 Å². The summed E-state index contributed by atoms with van der Waals surface area (Å²) in [5, 5.41) is 0. The molecule has 0 aromatic heterocycles. The average Bonchev–Trinajstić information content (AvgIpc) is 2.89. The first-order valence-corrected chi connectivity index (χ1v) is 18.7. The molecule has 0 saturated carbocycles. The molecule has 0 heterocycles. The molecule has 0 saturated heterocycles. The van der Waals surface area contributed by atoms with E-state index in [1.165, 1.54) is 128 Å².